The standard InChI is InChI=1S/C17H22N4O3/c1-3-14-19-16(20-24-14)13-6-5-9-21(11-13)17(22)12-7-8-18-15(10-12)23-4-2/h7-8,10,13H,3-6,9,11H2,1-2H3/t13-/m1/s1. The van der Waals surface area contributed by atoms with Crippen LogP contribution in [0.2, 0.25) is 0 Å². The highest BCUT2D eigenvalue weighted by Crippen LogP contribution is 2.26. The molecule has 128 valence electrons. The van der Waals surface area contributed by atoms with Gasteiger partial charge in [0.15, 0.2) is 5.82 Å². The first-order chi connectivity index (χ1) is 11.7. The van der Waals surface area contributed by atoms with E-state index in [1.165, 1.54) is 0 Å². The molecule has 0 aliphatic carbocycles. The lowest BCUT2D eigenvalue weighted by molar-refractivity contribution is 0.0703. The van der Waals surface area contributed by atoms with Crippen LogP contribution in [-0.4, -0.2) is 45.6 Å². The summed E-state index contributed by atoms with van der Waals surface area (Å²) in [7, 11) is 0. The molecule has 2 aromatic heterocycles. The third kappa shape index (κ3) is 3.55. The van der Waals surface area contributed by atoms with Gasteiger partial charge < -0.3 is 14.2 Å². The fourth-order valence-electron chi connectivity index (χ4n) is 2.90. The maximum absolute atomic E-state index is 12.8. The van der Waals surface area contributed by atoms with Crippen molar-refractivity contribution >= 4 is 5.91 Å². The van der Waals surface area contributed by atoms with Crippen molar-refractivity contribution in [2.45, 2.75) is 39.0 Å². The van der Waals surface area contributed by atoms with Gasteiger partial charge in [0.1, 0.15) is 0 Å². The van der Waals surface area contributed by atoms with E-state index >= 15 is 0 Å². The van der Waals surface area contributed by atoms with Gasteiger partial charge in [-0.15, -0.1) is 0 Å². The maximum atomic E-state index is 12.8. The number of ether oxygens (including phenoxy) is 1. The van der Waals surface area contributed by atoms with Gasteiger partial charge in [0.05, 0.1) is 6.61 Å². The van der Waals surface area contributed by atoms with Crippen molar-refractivity contribution in [3.8, 4) is 5.88 Å². The number of nitrogens with zero attached hydrogens (tertiary/aromatic N) is 4. The smallest absolute Gasteiger partial charge is 0.254 e. The number of rotatable bonds is 5. The second-order valence-corrected chi connectivity index (χ2v) is 5.81. The normalized spacial score (nSPS) is 17.8. The Bertz CT molecular complexity index is 701. The fourth-order valence-corrected chi connectivity index (χ4v) is 2.90. The van der Waals surface area contributed by atoms with Crippen LogP contribution in [0.25, 0.3) is 0 Å². The highest BCUT2D eigenvalue weighted by atomic mass is 16.5. The van der Waals surface area contributed by atoms with Crippen LogP contribution in [0.3, 0.4) is 0 Å². The van der Waals surface area contributed by atoms with E-state index < -0.39 is 0 Å². The Hall–Kier alpha value is -2.44. The second-order valence-electron chi connectivity index (χ2n) is 5.81. The highest BCUT2D eigenvalue weighted by molar-refractivity contribution is 5.94. The first kappa shape index (κ1) is 16.4. The third-order valence-electron chi connectivity index (χ3n) is 4.13. The minimum atomic E-state index is -0.0118. The monoisotopic (exact) mass is 330 g/mol. The number of pyridine rings is 1. The molecule has 2 aromatic rings. The maximum Gasteiger partial charge on any atom is 0.254 e. The summed E-state index contributed by atoms with van der Waals surface area (Å²) in [6.45, 7) is 5.73. The van der Waals surface area contributed by atoms with E-state index in [4.69, 9.17) is 9.26 Å². The minimum Gasteiger partial charge on any atom is -0.478 e. The number of hydrogen-bond acceptors (Lipinski definition) is 6. The van der Waals surface area contributed by atoms with Crippen LogP contribution in [0.5, 0.6) is 5.88 Å². The average molecular weight is 330 g/mol. The predicted octanol–water partition coefficient (Wildman–Crippen LogP) is 2.45. The Morgan fingerprint density at radius 1 is 1.46 bits per heavy atom. The number of carbonyl (C=O) groups excluding carboxylic acids is 1. The molecule has 1 atom stereocenters. The van der Waals surface area contributed by atoms with Crippen molar-refractivity contribution in [3.05, 3.63) is 35.6 Å². The van der Waals surface area contributed by atoms with Gasteiger partial charge in [-0.3, -0.25) is 4.79 Å². The van der Waals surface area contributed by atoms with Crippen molar-refractivity contribution in [2.75, 3.05) is 19.7 Å². The summed E-state index contributed by atoms with van der Waals surface area (Å²) in [5.74, 6) is 1.93. The highest BCUT2D eigenvalue weighted by Gasteiger charge is 2.28. The van der Waals surface area contributed by atoms with Crippen molar-refractivity contribution in [3.63, 3.8) is 0 Å². The number of amides is 1. The Morgan fingerprint density at radius 2 is 2.33 bits per heavy atom. The average Bonchev–Trinajstić information content (AvgIpc) is 3.11. The van der Waals surface area contributed by atoms with E-state index in [1.54, 1.807) is 18.3 Å². The molecule has 1 aliphatic heterocycles. The van der Waals surface area contributed by atoms with Gasteiger partial charge in [0.25, 0.3) is 5.91 Å². The Balaban J connectivity index is 1.71. The van der Waals surface area contributed by atoms with Gasteiger partial charge >= 0.3 is 0 Å². The lowest BCUT2D eigenvalue weighted by Crippen LogP contribution is -2.39. The Labute approximate surface area is 141 Å². The van der Waals surface area contributed by atoms with Crippen LogP contribution >= 0.6 is 0 Å². The number of likely N-dealkylation sites (tertiary alicyclic amines) is 1. The lowest BCUT2D eigenvalue weighted by Gasteiger charge is -2.31. The van der Waals surface area contributed by atoms with E-state index in [1.807, 2.05) is 18.7 Å². The molecule has 0 unspecified atom stereocenters. The van der Waals surface area contributed by atoms with Crippen LogP contribution in [-0.2, 0) is 6.42 Å². The fraction of sp³-hybridized carbons (Fsp3) is 0.529. The summed E-state index contributed by atoms with van der Waals surface area (Å²) in [6, 6.07) is 3.41. The molecule has 0 aromatic carbocycles. The Morgan fingerprint density at radius 3 is 3.08 bits per heavy atom. The van der Waals surface area contributed by atoms with Gasteiger partial charge in [0, 0.05) is 43.3 Å². The molecular weight excluding hydrogens is 308 g/mol. The molecule has 3 rings (SSSR count). The van der Waals surface area contributed by atoms with Gasteiger partial charge in [-0.2, -0.15) is 4.98 Å². The summed E-state index contributed by atoms with van der Waals surface area (Å²) in [6.07, 6.45) is 4.22. The van der Waals surface area contributed by atoms with Crippen LogP contribution in [0, 0.1) is 0 Å². The molecule has 0 spiro atoms. The molecule has 1 fully saturated rings. The number of hydrogen-bond donors (Lipinski definition) is 0. The van der Waals surface area contributed by atoms with E-state index in [0.29, 0.717) is 36.3 Å². The molecule has 24 heavy (non-hydrogen) atoms. The number of carbonyl (C=O) groups is 1. The summed E-state index contributed by atoms with van der Waals surface area (Å²) in [5.41, 5.74) is 0.594. The zero-order valence-corrected chi connectivity index (χ0v) is 14.1. The van der Waals surface area contributed by atoms with E-state index in [9.17, 15) is 4.79 Å². The Kier molecular flexibility index (Phi) is 5.08. The van der Waals surface area contributed by atoms with Crippen LogP contribution in [0.4, 0.5) is 0 Å². The number of piperidine rings is 1. The van der Waals surface area contributed by atoms with Gasteiger partial charge in [-0.1, -0.05) is 12.1 Å². The summed E-state index contributed by atoms with van der Waals surface area (Å²) in [5, 5.41) is 4.06. The molecule has 7 heteroatoms. The number of aryl methyl sites for hydroxylation is 1. The largest absolute Gasteiger partial charge is 0.478 e. The third-order valence-corrected chi connectivity index (χ3v) is 4.13. The molecule has 1 saturated heterocycles. The van der Waals surface area contributed by atoms with Crippen molar-refractivity contribution in [1.29, 1.82) is 0 Å². The molecule has 0 saturated carbocycles. The first-order valence-electron chi connectivity index (χ1n) is 8.41. The van der Waals surface area contributed by atoms with Crippen LogP contribution in [0.15, 0.2) is 22.9 Å². The SMILES string of the molecule is CCOc1cc(C(=O)N2CCC[C@@H](c3noc(CC)n3)C2)ccn1. The zero-order valence-electron chi connectivity index (χ0n) is 14.1. The topological polar surface area (TPSA) is 81.4 Å². The minimum absolute atomic E-state index is 0.0118. The molecule has 0 radical (unpaired) electrons. The summed E-state index contributed by atoms with van der Waals surface area (Å²) < 4.78 is 10.6. The molecule has 1 amide bonds. The van der Waals surface area contributed by atoms with Crippen molar-refractivity contribution < 1.29 is 14.1 Å². The van der Waals surface area contributed by atoms with Gasteiger partial charge in [0.2, 0.25) is 11.8 Å². The molecular formula is C17H22N4O3. The molecule has 7 nitrogen and oxygen atoms in total. The predicted molar refractivity (Wildman–Crippen MR) is 87.0 cm³/mol. The summed E-state index contributed by atoms with van der Waals surface area (Å²) >= 11 is 0. The first-order valence-corrected chi connectivity index (χ1v) is 8.41. The van der Waals surface area contributed by atoms with Crippen molar-refractivity contribution in [1.82, 2.24) is 20.0 Å². The zero-order chi connectivity index (χ0) is 16.9. The second kappa shape index (κ2) is 7.42. The van der Waals surface area contributed by atoms with Crippen LogP contribution in [0.1, 0.15) is 54.7 Å². The van der Waals surface area contributed by atoms with E-state index in [-0.39, 0.29) is 11.8 Å². The van der Waals surface area contributed by atoms with Crippen LogP contribution < -0.4 is 4.74 Å². The number of aromatic nitrogens is 3. The van der Waals surface area contributed by atoms with Gasteiger partial charge in [-0.25, -0.2) is 4.98 Å². The van der Waals surface area contributed by atoms with E-state index in [2.05, 4.69) is 15.1 Å². The van der Waals surface area contributed by atoms with Crippen molar-refractivity contribution in [2.24, 2.45) is 0 Å². The molecule has 0 N–H and O–H groups in total. The molecule has 0 bridgehead atoms. The quantitative estimate of drug-likeness (QED) is 0.837. The summed E-state index contributed by atoms with van der Waals surface area (Å²) in [4.78, 5) is 23.1. The van der Waals surface area contributed by atoms with Gasteiger partial charge in [-0.05, 0) is 25.8 Å². The molecule has 1 aliphatic rings. The lowest BCUT2D eigenvalue weighted by atomic mass is 9.97. The molecule has 3 heterocycles. The van der Waals surface area contributed by atoms with E-state index in [0.717, 1.165) is 25.8 Å².